The molecule has 0 aliphatic carbocycles. The number of fused-ring (bicyclic) bond motifs is 1. The van der Waals surface area contributed by atoms with Crippen molar-refractivity contribution < 1.29 is 14.4 Å². The molecular weight excluding hydrogens is 344 g/mol. The van der Waals surface area contributed by atoms with Crippen LogP contribution in [0.25, 0.3) is 5.52 Å². The summed E-state index contributed by atoms with van der Waals surface area (Å²) in [4.78, 5) is 40.8. The van der Waals surface area contributed by atoms with E-state index in [0.29, 0.717) is 23.3 Å². The Morgan fingerprint density at radius 3 is 2.70 bits per heavy atom. The highest BCUT2D eigenvalue weighted by Gasteiger charge is 2.21. The highest BCUT2D eigenvalue weighted by molar-refractivity contribution is 6.09. The van der Waals surface area contributed by atoms with Crippen LogP contribution in [0.1, 0.15) is 38.4 Å². The second-order valence-corrected chi connectivity index (χ2v) is 5.83. The number of pyridine rings is 1. The summed E-state index contributed by atoms with van der Waals surface area (Å²) in [5.74, 6) is -0.870. The number of nitrogens with zero attached hydrogens (tertiary/aromatic N) is 2. The van der Waals surface area contributed by atoms with Crippen molar-refractivity contribution in [3.8, 4) is 0 Å². The molecular formula is C20H18N4O3. The molecule has 0 bridgehead atoms. The van der Waals surface area contributed by atoms with Gasteiger partial charge in [-0.25, -0.2) is 4.98 Å². The van der Waals surface area contributed by atoms with Gasteiger partial charge in [0.25, 0.3) is 11.8 Å². The van der Waals surface area contributed by atoms with Gasteiger partial charge < -0.3 is 10.6 Å². The third-order valence-corrected chi connectivity index (χ3v) is 3.90. The Labute approximate surface area is 155 Å². The molecule has 0 spiro atoms. The van der Waals surface area contributed by atoms with Gasteiger partial charge in [-0.05, 0) is 31.2 Å². The minimum atomic E-state index is -0.470. The molecule has 0 unspecified atom stereocenters. The number of benzene rings is 1. The topological polar surface area (TPSA) is 92.6 Å². The van der Waals surface area contributed by atoms with E-state index in [2.05, 4.69) is 22.2 Å². The zero-order valence-corrected chi connectivity index (χ0v) is 14.7. The van der Waals surface area contributed by atoms with Gasteiger partial charge in [0.1, 0.15) is 0 Å². The van der Waals surface area contributed by atoms with Crippen LogP contribution in [0.2, 0.25) is 0 Å². The third-order valence-electron chi connectivity index (χ3n) is 3.90. The van der Waals surface area contributed by atoms with Crippen LogP contribution in [0.5, 0.6) is 0 Å². The van der Waals surface area contributed by atoms with Gasteiger partial charge in [-0.1, -0.05) is 24.3 Å². The van der Waals surface area contributed by atoms with Crippen LogP contribution in [-0.2, 0) is 0 Å². The molecule has 3 rings (SSSR count). The van der Waals surface area contributed by atoms with Crippen molar-refractivity contribution in [2.45, 2.75) is 6.92 Å². The fraction of sp³-hybridized carbons (Fsp3) is 0.100. The molecule has 2 heterocycles. The van der Waals surface area contributed by atoms with Crippen LogP contribution in [0.4, 0.5) is 5.69 Å². The van der Waals surface area contributed by atoms with Gasteiger partial charge in [0.15, 0.2) is 11.5 Å². The quantitative estimate of drug-likeness (QED) is 0.521. The summed E-state index contributed by atoms with van der Waals surface area (Å²) < 4.78 is 1.55. The van der Waals surface area contributed by atoms with Crippen LogP contribution >= 0.6 is 0 Å². The lowest BCUT2D eigenvalue weighted by molar-refractivity contribution is 0.0946. The van der Waals surface area contributed by atoms with Crippen LogP contribution in [0.15, 0.2) is 61.3 Å². The maximum Gasteiger partial charge on any atom is 0.287 e. The zero-order valence-electron chi connectivity index (χ0n) is 14.7. The zero-order chi connectivity index (χ0) is 19.4. The average Bonchev–Trinajstić information content (AvgIpc) is 3.06. The van der Waals surface area contributed by atoms with Crippen LogP contribution in [-0.4, -0.2) is 33.5 Å². The molecule has 2 N–H and O–H groups in total. The fourth-order valence-corrected chi connectivity index (χ4v) is 2.62. The first-order valence-electron chi connectivity index (χ1n) is 8.30. The molecule has 0 fully saturated rings. The lowest BCUT2D eigenvalue weighted by Gasteiger charge is -2.05. The van der Waals surface area contributed by atoms with Gasteiger partial charge in [-0.15, -0.1) is 6.58 Å². The maximum atomic E-state index is 12.7. The molecule has 2 aromatic heterocycles. The number of carbonyl (C=O) groups excluding carboxylic acids is 3. The SMILES string of the molecule is C=CCNC(=O)c1nc(C(=O)Nc2cccc(C(C)=O)c2)c2ccccn12. The number of hydrogen-bond acceptors (Lipinski definition) is 4. The van der Waals surface area contributed by atoms with E-state index in [-0.39, 0.29) is 17.3 Å². The number of aromatic nitrogens is 2. The highest BCUT2D eigenvalue weighted by Crippen LogP contribution is 2.17. The molecule has 7 heteroatoms. The number of nitrogens with one attached hydrogen (secondary N) is 2. The summed E-state index contributed by atoms with van der Waals surface area (Å²) in [6.45, 7) is 5.31. The molecule has 0 atom stereocenters. The first-order chi connectivity index (χ1) is 13.0. The number of amides is 2. The van der Waals surface area contributed by atoms with Crippen molar-refractivity contribution in [3.63, 3.8) is 0 Å². The van der Waals surface area contributed by atoms with E-state index in [9.17, 15) is 14.4 Å². The third kappa shape index (κ3) is 3.77. The lowest BCUT2D eigenvalue weighted by Crippen LogP contribution is -2.25. The molecule has 0 aliphatic heterocycles. The van der Waals surface area contributed by atoms with Gasteiger partial charge in [-0.2, -0.15) is 0 Å². The van der Waals surface area contributed by atoms with Crippen molar-refractivity contribution in [2.24, 2.45) is 0 Å². The van der Waals surface area contributed by atoms with E-state index >= 15 is 0 Å². The van der Waals surface area contributed by atoms with E-state index in [1.807, 2.05) is 0 Å². The van der Waals surface area contributed by atoms with Gasteiger partial charge in [0.05, 0.1) is 5.52 Å². The van der Waals surface area contributed by atoms with Crippen molar-refractivity contribution >= 4 is 28.8 Å². The van der Waals surface area contributed by atoms with Crippen molar-refractivity contribution in [1.29, 1.82) is 0 Å². The number of rotatable bonds is 6. The number of carbonyl (C=O) groups is 3. The first kappa shape index (κ1) is 18.1. The molecule has 7 nitrogen and oxygen atoms in total. The number of anilines is 1. The van der Waals surface area contributed by atoms with Gasteiger partial charge in [0.2, 0.25) is 5.82 Å². The minimum absolute atomic E-state index is 0.0975. The molecule has 27 heavy (non-hydrogen) atoms. The van der Waals surface area contributed by atoms with Crippen LogP contribution in [0, 0.1) is 0 Å². The van der Waals surface area contributed by atoms with Crippen molar-refractivity contribution in [3.05, 3.63) is 78.4 Å². The number of ketones is 1. The minimum Gasteiger partial charge on any atom is -0.346 e. The first-order valence-corrected chi connectivity index (χ1v) is 8.30. The molecule has 0 aliphatic rings. The Bertz CT molecular complexity index is 1050. The summed E-state index contributed by atoms with van der Waals surface area (Å²) in [6, 6.07) is 11.8. The molecule has 0 radical (unpaired) electrons. The maximum absolute atomic E-state index is 12.7. The Hall–Kier alpha value is -3.74. The second-order valence-electron chi connectivity index (χ2n) is 5.83. The smallest absolute Gasteiger partial charge is 0.287 e. The standard InChI is InChI=1S/C20H18N4O3/c1-3-10-21-20(27)18-23-17(16-9-4-5-11-24(16)18)19(26)22-15-8-6-7-14(12-15)13(2)25/h3-9,11-12H,1,10H2,2H3,(H,21,27)(H,22,26). The number of Topliss-reactive ketones (excluding diaryl/α,β-unsaturated/α-hetero) is 1. The van der Waals surface area contributed by atoms with Crippen LogP contribution in [0.3, 0.4) is 0 Å². The summed E-state index contributed by atoms with van der Waals surface area (Å²) in [6.07, 6.45) is 3.22. The summed E-state index contributed by atoms with van der Waals surface area (Å²) in [5.41, 5.74) is 1.59. The fourth-order valence-electron chi connectivity index (χ4n) is 2.62. The van der Waals surface area contributed by atoms with E-state index in [0.717, 1.165) is 0 Å². The Morgan fingerprint density at radius 2 is 1.96 bits per heavy atom. The summed E-state index contributed by atoms with van der Waals surface area (Å²) >= 11 is 0. The normalized spacial score (nSPS) is 10.4. The summed E-state index contributed by atoms with van der Waals surface area (Å²) in [7, 11) is 0. The Kier molecular flexibility index (Phi) is 5.12. The Balaban J connectivity index is 1.95. The van der Waals surface area contributed by atoms with E-state index < -0.39 is 11.8 Å². The predicted molar refractivity (Wildman–Crippen MR) is 102 cm³/mol. The van der Waals surface area contributed by atoms with Gasteiger partial charge in [-0.3, -0.25) is 18.8 Å². The molecule has 0 saturated carbocycles. The molecule has 136 valence electrons. The van der Waals surface area contributed by atoms with Crippen molar-refractivity contribution in [1.82, 2.24) is 14.7 Å². The van der Waals surface area contributed by atoms with E-state index in [1.54, 1.807) is 59.1 Å². The largest absolute Gasteiger partial charge is 0.346 e. The van der Waals surface area contributed by atoms with E-state index in [4.69, 9.17) is 0 Å². The number of imidazole rings is 1. The lowest BCUT2D eigenvalue weighted by atomic mass is 10.1. The molecule has 2 amide bonds. The second kappa shape index (κ2) is 7.65. The average molecular weight is 362 g/mol. The van der Waals surface area contributed by atoms with E-state index in [1.165, 1.54) is 6.92 Å². The monoisotopic (exact) mass is 362 g/mol. The molecule has 0 saturated heterocycles. The summed E-state index contributed by atoms with van der Waals surface area (Å²) in [5, 5.41) is 5.38. The van der Waals surface area contributed by atoms with Gasteiger partial charge in [0, 0.05) is 24.0 Å². The molecule has 3 aromatic rings. The highest BCUT2D eigenvalue weighted by atomic mass is 16.2. The Morgan fingerprint density at radius 1 is 1.15 bits per heavy atom. The van der Waals surface area contributed by atoms with Crippen molar-refractivity contribution in [2.75, 3.05) is 11.9 Å². The van der Waals surface area contributed by atoms with Gasteiger partial charge >= 0.3 is 0 Å². The number of hydrogen-bond donors (Lipinski definition) is 2. The van der Waals surface area contributed by atoms with Crippen LogP contribution < -0.4 is 10.6 Å². The predicted octanol–water partition coefficient (Wildman–Crippen LogP) is 2.71. The molecule has 1 aromatic carbocycles.